The number of esters is 1. The molecule has 0 saturated carbocycles. The van der Waals surface area contributed by atoms with E-state index in [4.69, 9.17) is 20.9 Å². The second-order valence-electron chi connectivity index (χ2n) is 4.10. The van der Waals surface area contributed by atoms with Gasteiger partial charge in [0.2, 0.25) is 0 Å². The van der Waals surface area contributed by atoms with E-state index < -0.39 is 18.5 Å². The van der Waals surface area contributed by atoms with Crippen LogP contribution in [-0.2, 0) is 16.6 Å². The molecule has 106 valence electrons. The van der Waals surface area contributed by atoms with Crippen molar-refractivity contribution in [1.82, 2.24) is 9.72 Å². The summed E-state index contributed by atoms with van der Waals surface area (Å²) in [6.07, 6.45) is 1.57. The number of ether oxygens (including phenoxy) is 1. The SMILES string of the molecule is Cc1cc(NC(=O)COC(=O)c2cc(Cl)cn2C)no1. The van der Waals surface area contributed by atoms with Crippen LogP contribution in [0.25, 0.3) is 0 Å². The molecular formula is C12H12ClN3O4. The molecule has 0 saturated heterocycles. The molecule has 0 aliphatic rings. The van der Waals surface area contributed by atoms with E-state index in [9.17, 15) is 9.59 Å². The largest absolute Gasteiger partial charge is 0.451 e. The molecule has 0 aromatic carbocycles. The van der Waals surface area contributed by atoms with Gasteiger partial charge in [-0.25, -0.2) is 4.79 Å². The number of aryl methyl sites for hydroxylation is 2. The zero-order chi connectivity index (χ0) is 14.7. The third-order valence-electron chi connectivity index (χ3n) is 2.41. The van der Waals surface area contributed by atoms with Gasteiger partial charge in [0.05, 0.1) is 5.02 Å². The number of aromatic nitrogens is 2. The first-order chi connectivity index (χ1) is 9.45. The van der Waals surface area contributed by atoms with Gasteiger partial charge in [0.25, 0.3) is 5.91 Å². The van der Waals surface area contributed by atoms with Crippen molar-refractivity contribution in [3.8, 4) is 0 Å². The molecular weight excluding hydrogens is 286 g/mol. The van der Waals surface area contributed by atoms with Gasteiger partial charge >= 0.3 is 5.97 Å². The van der Waals surface area contributed by atoms with Crippen molar-refractivity contribution >= 4 is 29.3 Å². The van der Waals surface area contributed by atoms with Crippen molar-refractivity contribution in [2.45, 2.75) is 6.92 Å². The minimum absolute atomic E-state index is 0.264. The highest BCUT2D eigenvalue weighted by Crippen LogP contribution is 2.13. The number of halogens is 1. The standard InChI is InChI=1S/C12H12ClN3O4/c1-7-3-10(15-20-7)14-11(17)6-19-12(18)9-4-8(13)5-16(9)2/h3-5H,6H2,1-2H3,(H,14,15,17). The first kappa shape index (κ1) is 14.1. The summed E-state index contributed by atoms with van der Waals surface area (Å²) in [6.45, 7) is 1.27. The summed E-state index contributed by atoms with van der Waals surface area (Å²) in [5.74, 6) is -0.306. The number of amides is 1. The maximum Gasteiger partial charge on any atom is 0.355 e. The lowest BCUT2D eigenvalue weighted by Crippen LogP contribution is -2.21. The van der Waals surface area contributed by atoms with Gasteiger partial charge in [0, 0.05) is 19.3 Å². The van der Waals surface area contributed by atoms with E-state index in [2.05, 4.69) is 10.5 Å². The van der Waals surface area contributed by atoms with Crippen molar-refractivity contribution in [2.24, 2.45) is 7.05 Å². The van der Waals surface area contributed by atoms with Gasteiger partial charge in [0.1, 0.15) is 11.5 Å². The normalized spacial score (nSPS) is 10.3. The van der Waals surface area contributed by atoms with Crippen molar-refractivity contribution < 1.29 is 18.8 Å². The summed E-state index contributed by atoms with van der Waals surface area (Å²) in [7, 11) is 1.65. The minimum Gasteiger partial charge on any atom is -0.451 e. The van der Waals surface area contributed by atoms with Crippen molar-refractivity contribution in [2.75, 3.05) is 11.9 Å². The fourth-order valence-electron chi connectivity index (χ4n) is 1.54. The van der Waals surface area contributed by atoms with E-state index in [0.29, 0.717) is 10.8 Å². The lowest BCUT2D eigenvalue weighted by molar-refractivity contribution is -0.119. The van der Waals surface area contributed by atoms with Gasteiger partial charge in [-0.15, -0.1) is 0 Å². The zero-order valence-electron chi connectivity index (χ0n) is 10.8. The lowest BCUT2D eigenvalue weighted by Gasteiger charge is -2.05. The fourth-order valence-corrected chi connectivity index (χ4v) is 1.79. The molecule has 0 spiro atoms. The number of nitrogens with zero attached hydrogens (tertiary/aromatic N) is 2. The summed E-state index contributed by atoms with van der Waals surface area (Å²) in [5, 5.41) is 6.44. The Labute approximate surface area is 119 Å². The number of hydrogen-bond donors (Lipinski definition) is 1. The minimum atomic E-state index is -0.633. The molecule has 0 atom stereocenters. The van der Waals surface area contributed by atoms with Gasteiger partial charge in [-0.3, -0.25) is 4.79 Å². The average Bonchev–Trinajstić information content (AvgIpc) is 2.92. The molecule has 7 nitrogen and oxygen atoms in total. The molecule has 2 aromatic rings. The van der Waals surface area contributed by atoms with Crippen LogP contribution >= 0.6 is 11.6 Å². The maximum absolute atomic E-state index is 11.7. The van der Waals surface area contributed by atoms with Crippen LogP contribution in [0.4, 0.5) is 5.82 Å². The second kappa shape index (κ2) is 5.79. The third kappa shape index (κ3) is 3.39. The average molecular weight is 298 g/mol. The number of carbonyl (C=O) groups excluding carboxylic acids is 2. The molecule has 2 aromatic heterocycles. The Kier molecular flexibility index (Phi) is 4.09. The predicted octanol–water partition coefficient (Wildman–Crippen LogP) is 1.77. The second-order valence-corrected chi connectivity index (χ2v) is 4.54. The van der Waals surface area contributed by atoms with Crippen LogP contribution in [0, 0.1) is 6.92 Å². The molecule has 8 heteroatoms. The molecule has 0 fully saturated rings. The van der Waals surface area contributed by atoms with Crippen LogP contribution in [0.3, 0.4) is 0 Å². The summed E-state index contributed by atoms with van der Waals surface area (Å²) < 4.78 is 11.2. The summed E-state index contributed by atoms with van der Waals surface area (Å²) in [5.41, 5.74) is 0.264. The van der Waals surface area contributed by atoms with Gasteiger partial charge in [-0.2, -0.15) is 0 Å². The fraction of sp³-hybridized carbons (Fsp3) is 0.250. The zero-order valence-corrected chi connectivity index (χ0v) is 11.6. The van der Waals surface area contributed by atoms with Gasteiger partial charge < -0.3 is 19.1 Å². The molecule has 0 aliphatic carbocycles. The third-order valence-corrected chi connectivity index (χ3v) is 2.62. The van der Waals surface area contributed by atoms with E-state index >= 15 is 0 Å². The number of anilines is 1. The van der Waals surface area contributed by atoms with Crippen LogP contribution in [0.2, 0.25) is 5.02 Å². The van der Waals surface area contributed by atoms with E-state index in [1.54, 1.807) is 26.2 Å². The topological polar surface area (TPSA) is 86.4 Å². The predicted molar refractivity (Wildman–Crippen MR) is 70.6 cm³/mol. The smallest absolute Gasteiger partial charge is 0.355 e. The maximum atomic E-state index is 11.7. The number of rotatable bonds is 4. The van der Waals surface area contributed by atoms with Crippen molar-refractivity contribution in [3.63, 3.8) is 0 Å². The Balaban J connectivity index is 1.87. The van der Waals surface area contributed by atoms with E-state index in [1.165, 1.54) is 10.6 Å². The quantitative estimate of drug-likeness (QED) is 0.869. The molecule has 0 bridgehead atoms. The van der Waals surface area contributed by atoms with E-state index in [1.807, 2.05) is 0 Å². The van der Waals surface area contributed by atoms with E-state index in [-0.39, 0.29) is 11.5 Å². The highest BCUT2D eigenvalue weighted by atomic mass is 35.5. The molecule has 0 radical (unpaired) electrons. The van der Waals surface area contributed by atoms with Crippen molar-refractivity contribution in [1.29, 1.82) is 0 Å². The highest BCUT2D eigenvalue weighted by Gasteiger charge is 2.15. The molecule has 1 amide bonds. The van der Waals surface area contributed by atoms with Gasteiger partial charge in [-0.1, -0.05) is 16.8 Å². The summed E-state index contributed by atoms with van der Waals surface area (Å²) >= 11 is 5.76. The Morgan fingerprint density at radius 3 is 2.80 bits per heavy atom. The molecule has 20 heavy (non-hydrogen) atoms. The van der Waals surface area contributed by atoms with Crippen LogP contribution in [0.5, 0.6) is 0 Å². The Bertz CT molecular complexity index is 647. The van der Waals surface area contributed by atoms with Gasteiger partial charge in [0.15, 0.2) is 12.4 Å². The molecule has 2 rings (SSSR count). The Morgan fingerprint density at radius 1 is 1.50 bits per heavy atom. The van der Waals surface area contributed by atoms with E-state index in [0.717, 1.165) is 0 Å². The monoisotopic (exact) mass is 297 g/mol. The van der Waals surface area contributed by atoms with Gasteiger partial charge in [-0.05, 0) is 13.0 Å². The van der Waals surface area contributed by atoms with Crippen LogP contribution in [0.1, 0.15) is 16.2 Å². The highest BCUT2D eigenvalue weighted by molar-refractivity contribution is 6.30. The number of hydrogen-bond acceptors (Lipinski definition) is 5. The van der Waals surface area contributed by atoms with Crippen LogP contribution in [-0.4, -0.2) is 28.2 Å². The Hall–Kier alpha value is -2.28. The summed E-state index contributed by atoms with van der Waals surface area (Å²) in [6, 6.07) is 3.01. The molecule has 1 N–H and O–H groups in total. The molecule has 2 heterocycles. The Morgan fingerprint density at radius 2 is 2.25 bits per heavy atom. The van der Waals surface area contributed by atoms with Crippen LogP contribution < -0.4 is 5.32 Å². The lowest BCUT2D eigenvalue weighted by atomic mass is 10.4. The molecule has 0 unspecified atom stereocenters. The number of carbonyl (C=O) groups is 2. The first-order valence-corrected chi connectivity index (χ1v) is 6.05. The van der Waals surface area contributed by atoms with Crippen molar-refractivity contribution in [3.05, 3.63) is 34.8 Å². The summed E-state index contributed by atoms with van der Waals surface area (Å²) in [4.78, 5) is 23.3. The van der Waals surface area contributed by atoms with Crippen LogP contribution in [0.15, 0.2) is 22.9 Å². The molecule has 0 aliphatic heterocycles. The first-order valence-electron chi connectivity index (χ1n) is 5.68. The number of nitrogens with one attached hydrogen (secondary N) is 1.